The Labute approximate surface area is 137 Å². The molecule has 3 rings (SSSR count). The van der Waals surface area contributed by atoms with Gasteiger partial charge in [-0.3, -0.25) is 4.90 Å². The van der Waals surface area contributed by atoms with Gasteiger partial charge in [-0.05, 0) is 39.0 Å². The van der Waals surface area contributed by atoms with Gasteiger partial charge in [0.15, 0.2) is 11.6 Å². The minimum Gasteiger partial charge on any atom is -0.488 e. The topological polar surface area (TPSA) is 51.7 Å². The number of nitrogens with zero attached hydrogens (tertiary/aromatic N) is 2. The summed E-state index contributed by atoms with van der Waals surface area (Å²) in [5.74, 6) is 1.11. The number of amides is 1. The summed E-state index contributed by atoms with van der Waals surface area (Å²) >= 11 is 3.44. The standard InChI is InChI=1S/C16H17BrN2O3/c1-16(2,3)22-15(20)19-6-7-21-13-8-10-4-5-11(17)9-12(10)18-14(13)19/h4-5,8-9H,6-7H2,1-3H3. The third-order valence-electron chi connectivity index (χ3n) is 3.17. The van der Waals surface area contributed by atoms with Gasteiger partial charge in [-0.15, -0.1) is 0 Å². The van der Waals surface area contributed by atoms with Gasteiger partial charge >= 0.3 is 6.09 Å². The van der Waals surface area contributed by atoms with Crippen molar-refractivity contribution in [3.05, 3.63) is 28.7 Å². The van der Waals surface area contributed by atoms with E-state index in [-0.39, 0.29) is 0 Å². The maximum absolute atomic E-state index is 12.4. The molecule has 116 valence electrons. The highest BCUT2D eigenvalue weighted by Gasteiger charge is 2.29. The average molecular weight is 365 g/mol. The van der Waals surface area contributed by atoms with Crippen LogP contribution >= 0.6 is 15.9 Å². The summed E-state index contributed by atoms with van der Waals surface area (Å²) in [5, 5.41) is 0.966. The van der Waals surface area contributed by atoms with Gasteiger partial charge in [0.2, 0.25) is 0 Å². The minimum absolute atomic E-state index is 0.404. The number of carbonyl (C=O) groups is 1. The Hall–Kier alpha value is -1.82. The van der Waals surface area contributed by atoms with Crippen LogP contribution in [0, 0.1) is 0 Å². The molecule has 6 heteroatoms. The molecular formula is C16H17BrN2O3. The molecular weight excluding hydrogens is 348 g/mol. The lowest BCUT2D eigenvalue weighted by Crippen LogP contribution is -2.42. The number of fused-ring (bicyclic) bond motifs is 2. The molecule has 1 aliphatic heterocycles. The van der Waals surface area contributed by atoms with Gasteiger partial charge in [0, 0.05) is 9.86 Å². The Kier molecular flexibility index (Phi) is 3.72. The highest BCUT2D eigenvalue weighted by atomic mass is 79.9. The van der Waals surface area contributed by atoms with E-state index >= 15 is 0 Å². The van der Waals surface area contributed by atoms with Gasteiger partial charge in [-0.25, -0.2) is 9.78 Å². The Bertz CT molecular complexity index is 740. The number of aromatic nitrogens is 1. The van der Waals surface area contributed by atoms with Crippen LogP contribution < -0.4 is 9.64 Å². The van der Waals surface area contributed by atoms with Crippen LogP contribution in [0.2, 0.25) is 0 Å². The molecule has 0 atom stereocenters. The molecule has 0 spiro atoms. The van der Waals surface area contributed by atoms with Crippen LogP contribution in [0.4, 0.5) is 10.6 Å². The van der Waals surface area contributed by atoms with Crippen molar-refractivity contribution < 1.29 is 14.3 Å². The maximum Gasteiger partial charge on any atom is 0.416 e. The van der Waals surface area contributed by atoms with E-state index in [0.717, 1.165) is 15.4 Å². The van der Waals surface area contributed by atoms with Crippen molar-refractivity contribution in [2.75, 3.05) is 18.1 Å². The molecule has 0 saturated carbocycles. The third kappa shape index (κ3) is 3.02. The fraction of sp³-hybridized carbons (Fsp3) is 0.375. The number of anilines is 1. The molecule has 5 nitrogen and oxygen atoms in total. The predicted molar refractivity (Wildman–Crippen MR) is 88.5 cm³/mol. The summed E-state index contributed by atoms with van der Waals surface area (Å²) in [7, 11) is 0. The normalized spacial score (nSPS) is 14.5. The van der Waals surface area contributed by atoms with Crippen molar-refractivity contribution in [1.82, 2.24) is 4.98 Å². The summed E-state index contributed by atoms with van der Waals surface area (Å²) < 4.78 is 12.0. The lowest BCUT2D eigenvalue weighted by Gasteiger charge is -2.30. The number of halogens is 1. The molecule has 22 heavy (non-hydrogen) atoms. The SMILES string of the molecule is CC(C)(C)OC(=O)N1CCOc2cc3ccc(Br)cc3nc21. The van der Waals surface area contributed by atoms with E-state index in [0.29, 0.717) is 24.7 Å². The summed E-state index contributed by atoms with van der Waals surface area (Å²) in [4.78, 5) is 18.5. The van der Waals surface area contributed by atoms with Crippen molar-refractivity contribution in [2.24, 2.45) is 0 Å². The lowest BCUT2D eigenvalue weighted by molar-refractivity contribution is 0.0566. The van der Waals surface area contributed by atoms with E-state index < -0.39 is 11.7 Å². The van der Waals surface area contributed by atoms with E-state index in [1.165, 1.54) is 4.90 Å². The van der Waals surface area contributed by atoms with E-state index in [1.54, 1.807) is 0 Å². The van der Waals surface area contributed by atoms with Crippen LogP contribution in [-0.4, -0.2) is 29.8 Å². The van der Waals surface area contributed by atoms with Crippen molar-refractivity contribution in [3.63, 3.8) is 0 Å². The van der Waals surface area contributed by atoms with Crippen LogP contribution in [0.1, 0.15) is 20.8 Å². The summed E-state index contributed by atoms with van der Waals surface area (Å²) in [5.41, 5.74) is 0.252. The first-order valence-corrected chi connectivity index (χ1v) is 7.86. The van der Waals surface area contributed by atoms with Crippen molar-refractivity contribution in [1.29, 1.82) is 0 Å². The second-order valence-electron chi connectivity index (χ2n) is 6.13. The molecule has 0 unspecified atom stereocenters. The summed E-state index contributed by atoms with van der Waals surface area (Å²) in [6.07, 6.45) is -0.404. The van der Waals surface area contributed by atoms with E-state index in [4.69, 9.17) is 9.47 Å². The molecule has 1 aliphatic rings. The zero-order valence-electron chi connectivity index (χ0n) is 12.7. The molecule has 0 fully saturated rings. The monoisotopic (exact) mass is 364 g/mol. The van der Waals surface area contributed by atoms with Gasteiger partial charge < -0.3 is 9.47 Å². The van der Waals surface area contributed by atoms with Crippen molar-refractivity contribution in [3.8, 4) is 5.75 Å². The number of carbonyl (C=O) groups excluding carboxylic acids is 1. The number of benzene rings is 1. The Morgan fingerprint density at radius 1 is 1.36 bits per heavy atom. The second kappa shape index (κ2) is 5.43. The summed E-state index contributed by atoms with van der Waals surface area (Å²) in [6, 6.07) is 7.73. The smallest absolute Gasteiger partial charge is 0.416 e. The van der Waals surface area contributed by atoms with Crippen LogP contribution in [0.15, 0.2) is 28.7 Å². The van der Waals surface area contributed by atoms with Gasteiger partial charge in [-0.2, -0.15) is 0 Å². The first-order valence-electron chi connectivity index (χ1n) is 7.07. The molecule has 2 heterocycles. The molecule has 1 aromatic heterocycles. The molecule has 2 aromatic rings. The van der Waals surface area contributed by atoms with E-state index in [9.17, 15) is 4.79 Å². The molecule has 0 radical (unpaired) electrons. The largest absolute Gasteiger partial charge is 0.488 e. The highest BCUT2D eigenvalue weighted by molar-refractivity contribution is 9.10. The van der Waals surface area contributed by atoms with E-state index in [1.807, 2.05) is 45.0 Å². The average Bonchev–Trinajstić information content (AvgIpc) is 2.42. The molecule has 1 amide bonds. The minimum atomic E-state index is -0.546. The molecule has 0 saturated heterocycles. The Morgan fingerprint density at radius 3 is 2.86 bits per heavy atom. The van der Waals surface area contributed by atoms with E-state index in [2.05, 4.69) is 20.9 Å². The van der Waals surface area contributed by atoms with Crippen molar-refractivity contribution in [2.45, 2.75) is 26.4 Å². The number of ether oxygens (including phenoxy) is 2. The van der Waals surface area contributed by atoms with Gasteiger partial charge in [0.1, 0.15) is 12.2 Å². The molecule has 0 bridgehead atoms. The number of rotatable bonds is 0. The number of hydrogen-bond acceptors (Lipinski definition) is 4. The Morgan fingerprint density at radius 2 is 2.14 bits per heavy atom. The van der Waals surface area contributed by atoms with Crippen LogP contribution in [0.3, 0.4) is 0 Å². The van der Waals surface area contributed by atoms with Gasteiger partial charge in [0.25, 0.3) is 0 Å². The molecule has 0 N–H and O–H groups in total. The first kappa shape index (κ1) is 15.1. The zero-order valence-corrected chi connectivity index (χ0v) is 14.3. The zero-order chi connectivity index (χ0) is 15.9. The molecule has 0 aliphatic carbocycles. The highest BCUT2D eigenvalue weighted by Crippen LogP contribution is 2.34. The summed E-state index contributed by atoms with van der Waals surface area (Å²) in [6.45, 7) is 6.38. The van der Waals surface area contributed by atoms with Gasteiger partial charge in [-0.1, -0.05) is 22.0 Å². The quantitative estimate of drug-likeness (QED) is 0.705. The van der Waals surface area contributed by atoms with Crippen LogP contribution in [0.5, 0.6) is 5.75 Å². The lowest BCUT2D eigenvalue weighted by atomic mass is 10.2. The second-order valence-corrected chi connectivity index (χ2v) is 7.04. The Balaban J connectivity index is 2.03. The molecule has 1 aromatic carbocycles. The fourth-order valence-electron chi connectivity index (χ4n) is 2.26. The predicted octanol–water partition coefficient (Wildman–Crippen LogP) is 4.13. The fourth-order valence-corrected chi connectivity index (χ4v) is 2.61. The number of hydrogen-bond donors (Lipinski definition) is 0. The van der Waals surface area contributed by atoms with Gasteiger partial charge in [0.05, 0.1) is 12.1 Å². The van der Waals surface area contributed by atoms with Crippen LogP contribution in [0.25, 0.3) is 10.9 Å². The van der Waals surface area contributed by atoms with Crippen molar-refractivity contribution >= 4 is 38.7 Å². The third-order valence-corrected chi connectivity index (χ3v) is 3.66. The maximum atomic E-state index is 12.4. The number of pyridine rings is 1. The van der Waals surface area contributed by atoms with Crippen LogP contribution in [-0.2, 0) is 4.74 Å². The first-order chi connectivity index (χ1) is 10.3.